The molecule has 144 valence electrons. The monoisotopic (exact) mass is 376 g/mol. The van der Waals surface area contributed by atoms with Gasteiger partial charge in [0.2, 0.25) is 0 Å². The predicted octanol–water partition coefficient (Wildman–Crippen LogP) is 3.22. The molecule has 2 aromatic heterocycles. The minimum absolute atomic E-state index is 0.107. The molecular weight excluding hydrogens is 352 g/mol. The van der Waals surface area contributed by atoms with E-state index in [4.69, 9.17) is 9.72 Å². The number of rotatable bonds is 5. The number of aromatic nitrogens is 3. The average molecular weight is 376 g/mol. The van der Waals surface area contributed by atoms with Gasteiger partial charge in [0, 0.05) is 43.0 Å². The number of methoxy groups -OCH3 is 1. The molecule has 1 fully saturated rings. The van der Waals surface area contributed by atoms with Crippen LogP contribution in [0.25, 0.3) is 11.4 Å². The summed E-state index contributed by atoms with van der Waals surface area (Å²) < 4.78 is 5.23. The third kappa shape index (κ3) is 4.28. The first kappa shape index (κ1) is 18.4. The third-order valence-corrected chi connectivity index (χ3v) is 5.20. The molecule has 0 aliphatic carbocycles. The zero-order chi connectivity index (χ0) is 19.3. The Morgan fingerprint density at radius 3 is 2.71 bits per heavy atom. The zero-order valence-corrected chi connectivity index (χ0v) is 16.0. The van der Waals surface area contributed by atoms with Crippen molar-refractivity contribution in [3.8, 4) is 17.1 Å². The number of nitrogens with zero attached hydrogens (tertiary/aromatic N) is 3. The van der Waals surface area contributed by atoms with E-state index < -0.39 is 0 Å². The summed E-state index contributed by atoms with van der Waals surface area (Å²) in [6, 6.07) is 13.6. The molecule has 1 aromatic carbocycles. The molecule has 0 amide bonds. The van der Waals surface area contributed by atoms with Crippen LogP contribution in [0.4, 0.5) is 0 Å². The maximum atomic E-state index is 12.2. The number of hydrogen-bond acceptors (Lipinski definition) is 5. The van der Waals surface area contributed by atoms with Gasteiger partial charge in [-0.25, -0.2) is 4.98 Å². The first-order valence-electron chi connectivity index (χ1n) is 9.58. The van der Waals surface area contributed by atoms with Crippen LogP contribution in [0, 0.1) is 0 Å². The van der Waals surface area contributed by atoms with E-state index in [1.807, 2.05) is 24.3 Å². The highest BCUT2D eigenvalue weighted by Gasteiger charge is 2.23. The number of pyridine rings is 1. The van der Waals surface area contributed by atoms with Crippen LogP contribution in [0.15, 0.2) is 59.7 Å². The summed E-state index contributed by atoms with van der Waals surface area (Å²) in [5.41, 5.74) is 2.90. The summed E-state index contributed by atoms with van der Waals surface area (Å²) in [5.74, 6) is 1.74. The van der Waals surface area contributed by atoms with Crippen LogP contribution >= 0.6 is 0 Å². The SMILES string of the molecule is COc1ccc(CN2CCCC(c3cc(=O)[nH]c(-c4ccncc4)n3)C2)cc1. The van der Waals surface area contributed by atoms with Crippen molar-refractivity contribution in [3.63, 3.8) is 0 Å². The smallest absolute Gasteiger partial charge is 0.251 e. The second-order valence-electron chi connectivity index (χ2n) is 7.18. The Morgan fingerprint density at radius 1 is 1.18 bits per heavy atom. The predicted molar refractivity (Wildman–Crippen MR) is 108 cm³/mol. The van der Waals surface area contributed by atoms with Crippen LogP contribution in [0.3, 0.4) is 0 Å². The fourth-order valence-electron chi connectivity index (χ4n) is 3.76. The van der Waals surface area contributed by atoms with E-state index in [-0.39, 0.29) is 11.5 Å². The van der Waals surface area contributed by atoms with Crippen molar-refractivity contribution in [2.45, 2.75) is 25.3 Å². The van der Waals surface area contributed by atoms with Crippen LogP contribution in [-0.2, 0) is 6.54 Å². The Balaban J connectivity index is 1.51. The number of nitrogens with one attached hydrogen (secondary N) is 1. The van der Waals surface area contributed by atoms with Crippen molar-refractivity contribution in [2.24, 2.45) is 0 Å². The topological polar surface area (TPSA) is 71.1 Å². The largest absolute Gasteiger partial charge is 0.497 e. The van der Waals surface area contributed by atoms with Crippen molar-refractivity contribution in [1.29, 1.82) is 0 Å². The molecule has 3 heterocycles. The number of benzene rings is 1. The minimum atomic E-state index is -0.107. The molecule has 3 aromatic rings. The lowest BCUT2D eigenvalue weighted by Crippen LogP contribution is -2.34. The van der Waals surface area contributed by atoms with Crippen molar-refractivity contribution < 1.29 is 4.74 Å². The second-order valence-corrected chi connectivity index (χ2v) is 7.18. The molecule has 1 aliphatic rings. The zero-order valence-electron chi connectivity index (χ0n) is 16.0. The van der Waals surface area contributed by atoms with E-state index in [9.17, 15) is 4.79 Å². The maximum absolute atomic E-state index is 12.2. The van der Waals surface area contributed by atoms with Gasteiger partial charge in [-0.05, 0) is 49.2 Å². The Bertz CT molecular complexity index is 970. The van der Waals surface area contributed by atoms with E-state index in [2.05, 4.69) is 27.0 Å². The number of ether oxygens (including phenoxy) is 1. The van der Waals surface area contributed by atoms with E-state index in [0.717, 1.165) is 49.5 Å². The quantitative estimate of drug-likeness (QED) is 0.740. The molecule has 28 heavy (non-hydrogen) atoms. The summed E-state index contributed by atoms with van der Waals surface area (Å²) in [7, 11) is 1.68. The van der Waals surface area contributed by atoms with E-state index >= 15 is 0 Å². The molecule has 1 saturated heterocycles. The number of hydrogen-bond donors (Lipinski definition) is 1. The lowest BCUT2D eigenvalue weighted by atomic mass is 9.94. The molecule has 1 N–H and O–H groups in total. The summed E-state index contributed by atoms with van der Waals surface area (Å²) in [6.07, 6.45) is 5.56. The van der Waals surface area contributed by atoms with Crippen molar-refractivity contribution in [3.05, 3.63) is 76.5 Å². The molecule has 0 spiro atoms. The number of piperidine rings is 1. The van der Waals surface area contributed by atoms with Crippen LogP contribution in [0.5, 0.6) is 5.75 Å². The summed E-state index contributed by atoms with van der Waals surface area (Å²) >= 11 is 0. The van der Waals surface area contributed by atoms with Gasteiger partial charge in [-0.3, -0.25) is 14.7 Å². The normalized spacial score (nSPS) is 17.4. The van der Waals surface area contributed by atoms with E-state index in [1.54, 1.807) is 25.6 Å². The highest BCUT2D eigenvalue weighted by atomic mass is 16.5. The Hall–Kier alpha value is -2.99. The fraction of sp³-hybridized carbons (Fsp3) is 0.318. The third-order valence-electron chi connectivity index (χ3n) is 5.20. The molecule has 0 radical (unpaired) electrons. The van der Waals surface area contributed by atoms with Gasteiger partial charge in [-0.15, -0.1) is 0 Å². The summed E-state index contributed by atoms with van der Waals surface area (Å²) in [5, 5.41) is 0. The standard InChI is InChI=1S/C22H24N4O2/c1-28-19-6-4-16(5-7-19)14-26-12-2-3-18(15-26)20-13-21(27)25-22(24-20)17-8-10-23-11-9-17/h4-11,13,18H,2-3,12,14-15H2,1H3,(H,24,25,27). The molecule has 1 unspecified atom stereocenters. The van der Waals surface area contributed by atoms with Crippen molar-refractivity contribution >= 4 is 0 Å². The summed E-state index contributed by atoms with van der Waals surface area (Å²) in [6.45, 7) is 2.85. The molecule has 0 bridgehead atoms. The van der Waals surface area contributed by atoms with Gasteiger partial charge in [0.15, 0.2) is 0 Å². The first-order valence-corrected chi connectivity index (χ1v) is 9.58. The van der Waals surface area contributed by atoms with Gasteiger partial charge in [-0.1, -0.05) is 12.1 Å². The van der Waals surface area contributed by atoms with Crippen molar-refractivity contribution in [1.82, 2.24) is 19.9 Å². The molecule has 6 nitrogen and oxygen atoms in total. The maximum Gasteiger partial charge on any atom is 0.251 e. The molecule has 1 aliphatic heterocycles. The minimum Gasteiger partial charge on any atom is -0.497 e. The lowest BCUT2D eigenvalue weighted by molar-refractivity contribution is 0.198. The molecule has 4 rings (SSSR count). The Labute approximate surface area is 164 Å². The number of aromatic amines is 1. The lowest BCUT2D eigenvalue weighted by Gasteiger charge is -2.32. The Morgan fingerprint density at radius 2 is 1.96 bits per heavy atom. The number of likely N-dealkylation sites (tertiary alicyclic amines) is 1. The van der Waals surface area contributed by atoms with Crippen LogP contribution in [-0.4, -0.2) is 40.1 Å². The Kier molecular flexibility index (Phi) is 5.48. The van der Waals surface area contributed by atoms with Crippen molar-refractivity contribution in [2.75, 3.05) is 20.2 Å². The molecule has 1 atom stereocenters. The van der Waals surface area contributed by atoms with E-state index in [1.165, 1.54) is 5.56 Å². The molecular formula is C22H24N4O2. The van der Waals surface area contributed by atoms with Gasteiger partial charge in [0.25, 0.3) is 5.56 Å². The number of H-pyrrole nitrogens is 1. The fourth-order valence-corrected chi connectivity index (χ4v) is 3.76. The van der Waals surface area contributed by atoms with Gasteiger partial charge in [0.1, 0.15) is 11.6 Å². The summed E-state index contributed by atoms with van der Waals surface area (Å²) in [4.78, 5) is 26.3. The van der Waals surface area contributed by atoms with Gasteiger partial charge in [-0.2, -0.15) is 0 Å². The average Bonchev–Trinajstić information content (AvgIpc) is 2.75. The van der Waals surface area contributed by atoms with Crippen LogP contribution in [0.2, 0.25) is 0 Å². The van der Waals surface area contributed by atoms with Gasteiger partial charge >= 0.3 is 0 Å². The first-order chi connectivity index (χ1) is 13.7. The molecule has 6 heteroatoms. The highest BCUT2D eigenvalue weighted by molar-refractivity contribution is 5.53. The highest BCUT2D eigenvalue weighted by Crippen LogP contribution is 2.27. The van der Waals surface area contributed by atoms with Gasteiger partial charge in [0.05, 0.1) is 12.8 Å². The van der Waals surface area contributed by atoms with Crippen LogP contribution < -0.4 is 10.3 Å². The molecule has 0 saturated carbocycles. The van der Waals surface area contributed by atoms with E-state index in [0.29, 0.717) is 5.82 Å². The second kappa shape index (κ2) is 8.35. The van der Waals surface area contributed by atoms with Crippen LogP contribution in [0.1, 0.15) is 30.0 Å². The van der Waals surface area contributed by atoms with Gasteiger partial charge < -0.3 is 9.72 Å².